The second-order valence-electron chi connectivity index (χ2n) is 3.94. The summed E-state index contributed by atoms with van der Waals surface area (Å²) in [7, 11) is 0. The lowest BCUT2D eigenvalue weighted by Gasteiger charge is -1.99. The molecule has 0 radical (unpaired) electrons. The molecule has 2 heterocycles. The number of aromatic nitrogens is 3. The zero-order valence-corrected chi connectivity index (χ0v) is 10.5. The molecule has 0 saturated carbocycles. The number of hydrogen-bond donors (Lipinski definition) is 0. The zero-order chi connectivity index (χ0) is 13.0. The van der Waals surface area contributed by atoms with Gasteiger partial charge in [-0.15, -0.1) is 0 Å². The molecule has 0 aliphatic carbocycles. The van der Waals surface area contributed by atoms with Gasteiger partial charge in [-0.3, -0.25) is 14.5 Å². The number of ketones is 1. The van der Waals surface area contributed by atoms with Gasteiger partial charge in [0.1, 0.15) is 0 Å². The van der Waals surface area contributed by atoms with E-state index in [2.05, 4.69) is 10.1 Å². The number of hydrogen-bond acceptors (Lipinski definition) is 3. The number of aryl methyl sites for hydroxylation is 1. The van der Waals surface area contributed by atoms with Crippen LogP contribution in [0.15, 0.2) is 36.8 Å². The van der Waals surface area contributed by atoms with Gasteiger partial charge in [0, 0.05) is 24.6 Å². The minimum atomic E-state index is -0.0241. The summed E-state index contributed by atoms with van der Waals surface area (Å²) in [6.07, 6.45) is 8.37. The fourth-order valence-electron chi connectivity index (χ4n) is 1.74. The van der Waals surface area contributed by atoms with Crippen molar-refractivity contribution < 1.29 is 4.79 Å². The highest BCUT2D eigenvalue weighted by Gasteiger charge is 2.10. The summed E-state index contributed by atoms with van der Waals surface area (Å²) in [5.74, 6) is -0.0241. The van der Waals surface area contributed by atoms with Crippen LogP contribution < -0.4 is 0 Å². The number of allylic oxidation sites excluding steroid dienone is 1. The fourth-order valence-corrected chi connectivity index (χ4v) is 1.74. The third-order valence-electron chi connectivity index (χ3n) is 2.80. The highest BCUT2D eigenvalue weighted by atomic mass is 16.1. The third-order valence-corrected chi connectivity index (χ3v) is 2.80. The van der Waals surface area contributed by atoms with Crippen molar-refractivity contribution in [2.24, 2.45) is 0 Å². The summed E-state index contributed by atoms with van der Waals surface area (Å²) >= 11 is 0. The molecule has 0 amide bonds. The van der Waals surface area contributed by atoms with Crippen LogP contribution in [0.2, 0.25) is 0 Å². The summed E-state index contributed by atoms with van der Waals surface area (Å²) < 4.78 is 1.81. The second-order valence-corrected chi connectivity index (χ2v) is 3.94. The van der Waals surface area contributed by atoms with Crippen molar-refractivity contribution in [1.82, 2.24) is 14.8 Å². The van der Waals surface area contributed by atoms with Gasteiger partial charge in [-0.05, 0) is 37.6 Å². The molecule has 0 fully saturated rings. The highest BCUT2D eigenvalue weighted by molar-refractivity contribution is 6.07. The topological polar surface area (TPSA) is 47.8 Å². The van der Waals surface area contributed by atoms with E-state index in [1.807, 2.05) is 30.7 Å². The molecule has 4 nitrogen and oxygen atoms in total. The number of carbonyl (C=O) groups excluding carboxylic acids is 1. The van der Waals surface area contributed by atoms with Crippen molar-refractivity contribution in [3.05, 3.63) is 53.6 Å². The van der Waals surface area contributed by atoms with Crippen LogP contribution in [0.3, 0.4) is 0 Å². The Bertz CT molecular complexity index is 570. The molecule has 18 heavy (non-hydrogen) atoms. The number of carbonyl (C=O) groups is 1. The molecule has 0 saturated heterocycles. The van der Waals surface area contributed by atoms with E-state index in [1.165, 1.54) is 0 Å². The van der Waals surface area contributed by atoms with Crippen molar-refractivity contribution in [2.45, 2.75) is 20.4 Å². The molecule has 0 bridgehead atoms. The standard InChI is InChI=1S/C14H15N3O/c1-3-17-11(2)13(10-16-17)14(18)5-4-12-6-8-15-9-7-12/h4-10H,3H2,1-2H3/b5-4+. The first-order valence-electron chi connectivity index (χ1n) is 5.87. The maximum Gasteiger partial charge on any atom is 0.189 e. The van der Waals surface area contributed by atoms with Crippen molar-refractivity contribution in [2.75, 3.05) is 0 Å². The summed E-state index contributed by atoms with van der Waals surface area (Å²) in [6, 6.07) is 3.71. The first-order chi connectivity index (χ1) is 8.72. The first-order valence-corrected chi connectivity index (χ1v) is 5.87. The molecule has 0 aliphatic heterocycles. The lowest BCUT2D eigenvalue weighted by atomic mass is 10.1. The molecule has 2 aromatic rings. The van der Waals surface area contributed by atoms with Crippen LogP contribution in [0, 0.1) is 6.92 Å². The molecule has 92 valence electrons. The summed E-state index contributed by atoms with van der Waals surface area (Å²) in [6.45, 7) is 4.68. The van der Waals surface area contributed by atoms with E-state index in [0.717, 1.165) is 17.8 Å². The fraction of sp³-hybridized carbons (Fsp3) is 0.214. The number of pyridine rings is 1. The first kappa shape index (κ1) is 12.2. The van der Waals surface area contributed by atoms with Gasteiger partial charge < -0.3 is 0 Å². The second kappa shape index (κ2) is 5.40. The van der Waals surface area contributed by atoms with E-state index in [4.69, 9.17) is 0 Å². The average molecular weight is 241 g/mol. The van der Waals surface area contributed by atoms with Gasteiger partial charge in [-0.2, -0.15) is 5.10 Å². The molecule has 0 unspecified atom stereocenters. The molecule has 0 aromatic carbocycles. The van der Waals surface area contributed by atoms with Gasteiger partial charge in [0.2, 0.25) is 0 Å². The zero-order valence-electron chi connectivity index (χ0n) is 10.5. The van der Waals surface area contributed by atoms with Crippen molar-refractivity contribution in [3.63, 3.8) is 0 Å². The van der Waals surface area contributed by atoms with Gasteiger partial charge >= 0.3 is 0 Å². The van der Waals surface area contributed by atoms with Crippen molar-refractivity contribution in [1.29, 1.82) is 0 Å². The van der Waals surface area contributed by atoms with Crippen molar-refractivity contribution >= 4 is 11.9 Å². The van der Waals surface area contributed by atoms with Crippen LogP contribution in [-0.4, -0.2) is 20.5 Å². The van der Waals surface area contributed by atoms with Crippen LogP contribution >= 0.6 is 0 Å². The lowest BCUT2D eigenvalue weighted by Crippen LogP contribution is -2.01. The van der Waals surface area contributed by atoms with E-state index in [1.54, 1.807) is 30.7 Å². The van der Waals surface area contributed by atoms with E-state index >= 15 is 0 Å². The molecular formula is C14H15N3O. The minimum absolute atomic E-state index is 0.0241. The predicted molar refractivity (Wildman–Crippen MR) is 70.2 cm³/mol. The summed E-state index contributed by atoms with van der Waals surface area (Å²) in [4.78, 5) is 15.9. The van der Waals surface area contributed by atoms with Gasteiger partial charge in [0.15, 0.2) is 5.78 Å². The molecule has 0 N–H and O–H groups in total. The van der Waals surface area contributed by atoms with Gasteiger partial charge in [0.05, 0.1) is 11.8 Å². The normalized spacial score (nSPS) is 11.0. The Morgan fingerprint density at radius 1 is 1.39 bits per heavy atom. The van der Waals surface area contributed by atoms with E-state index in [9.17, 15) is 4.79 Å². The molecule has 0 atom stereocenters. The Labute approximate surface area is 106 Å². The molecule has 0 aliphatic rings. The van der Waals surface area contributed by atoms with E-state index < -0.39 is 0 Å². The largest absolute Gasteiger partial charge is 0.289 e. The van der Waals surface area contributed by atoms with E-state index in [0.29, 0.717) is 5.56 Å². The highest BCUT2D eigenvalue weighted by Crippen LogP contribution is 2.10. The Morgan fingerprint density at radius 2 is 2.11 bits per heavy atom. The maximum atomic E-state index is 12.0. The Morgan fingerprint density at radius 3 is 2.72 bits per heavy atom. The molecule has 2 rings (SSSR count). The Hall–Kier alpha value is -2.23. The molecule has 0 spiro atoms. The molecule has 4 heteroatoms. The quantitative estimate of drug-likeness (QED) is 0.610. The lowest BCUT2D eigenvalue weighted by molar-refractivity contribution is 0.104. The summed E-state index contributed by atoms with van der Waals surface area (Å²) in [5.41, 5.74) is 2.52. The summed E-state index contributed by atoms with van der Waals surface area (Å²) in [5, 5.41) is 4.16. The van der Waals surface area contributed by atoms with Crippen LogP contribution in [0.4, 0.5) is 0 Å². The van der Waals surface area contributed by atoms with E-state index in [-0.39, 0.29) is 5.78 Å². The Kier molecular flexibility index (Phi) is 3.67. The van der Waals surface area contributed by atoms with Gasteiger partial charge in [0.25, 0.3) is 0 Å². The van der Waals surface area contributed by atoms with Crippen LogP contribution in [0.25, 0.3) is 6.08 Å². The van der Waals surface area contributed by atoms with Crippen LogP contribution in [-0.2, 0) is 6.54 Å². The SMILES string of the molecule is CCn1ncc(C(=O)/C=C/c2ccncc2)c1C. The minimum Gasteiger partial charge on any atom is -0.289 e. The van der Waals surface area contributed by atoms with Gasteiger partial charge in [-0.25, -0.2) is 0 Å². The predicted octanol–water partition coefficient (Wildman–Crippen LogP) is 2.50. The molecular weight excluding hydrogens is 226 g/mol. The number of nitrogens with zero attached hydrogens (tertiary/aromatic N) is 3. The molecule has 2 aromatic heterocycles. The Balaban J connectivity index is 2.17. The van der Waals surface area contributed by atoms with Crippen LogP contribution in [0.1, 0.15) is 28.5 Å². The van der Waals surface area contributed by atoms with Gasteiger partial charge in [-0.1, -0.05) is 6.08 Å². The average Bonchev–Trinajstić information content (AvgIpc) is 2.78. The van der Waals surface area contributed by atoms with Crippen molar-refractivity contribution in [3.8, 4) is 0 Å². The monoisotopic (exact) mass is 241 g/mol. The smallest absolute Gasteiger partial charge is 0.189 e. The third kappa shape index (κ3) is 2.53. The maximum absolute atomic E-state index is 12.0. The number of rotatable bonds is 4. The van der Waals surface area contributed by atoms with Crippen LogP contribution in [0.5, 0.6) is 0 Å².